The first-order chi connectivity index (χ1) is 31.7. The molecule has 0 saturated heterocycles. The summed E-state index contributed by atoms with van der Waals surface area (Å²) in [6.07, 6.45) is 3.07. The van der Waals surface area contributed by atoms with E-state index in [1.165, 1.54) is 117 Å². The van der Waals surface area contributed by atoms with Crippen LogP contribution in [0.5, 0.6) is 0 Å². The van der Waals surface area contributed by atoms with Gasteiger partial charge in [0.15, 0.2) is 0 Å². The summed E-state index contributed by atoms with van der Waals surface area (Å²) in [5.74, 6) is 0.381. The minimum absolute atomic E-state index is 0.311. The standard InChI is InChI=1S/C30H29B.C27H32.C6H6.C2H6/c1-20-14-22(3)29-26(16-20)19-27-17-21(2)15-23(4)30(27)31(29)28-12-10-25(11-13-28)18-24-8-6-5-7-9-24;1-17-8-10-24(11-9-17)26(27-22(6)14-19(3)15-23(27)7)16-25-20(4)12-18(2)13-21(25)5;1-2-4-6-5-3-1;1-2/h5-17H,18-19H2,1-4H3;8-15,26H,16H2,1-7H3;1-6H;1-2H3. The van der Waals surface area contributed by atoms with Crippen molar-refractivity contribution < 1.29 is 0 Å². The largest absolute Gasteiger partial charge is 0.242 e. The quantitative estimate of drug-likeness (QED) is 0.140. The Kier molecular flexibility index (Phi) is 17.0. The van der Waals surface area contributed by atoms with Crippen molar-refractivity contribution in [2.45, 2.75) is 115 Å². The molecule has 336 valence electrons. The van der Waals surface area contributed by atoms with Crippen LogP contribution in [0.15, 0.2) is 164 Å². The first-order valence-corrected chi connectivity index (χ1v) is 24.3. The molecule has 1 atom stereocenters. The van der Waals surface area contributed by atoms with Gasteiger partial charge in [0, 0.05) is 5.92 Å². The molecule has 0 bridgehead atoms. The van der Waals surface area contributed by atoms with Crippen LogP contribution in [-0.2, 0) is 19.3 Å². The molecule has 9 rings (SSSR count). The van der Waals surface area contributed by atoms with Gasteiger partial charge in [-0.3, -0.25) is 0 Å². The Bertz CT molecular complexity index is 2700. The molecule has 0 N–H and O–H groups in total. The third kappa shape index (κ3) is 12.2. The fourth-order valence-electron chi connectivity index (χ4n) is 10.6. The van der Waals surface area contributed by atoms with E-state index in [-0.39, 0.29) is 0 Å². The fourth-order valence-corrected chi connectivity index (χ4v) is 10.6. The molecule has 0 aliphatic carbocycles. The maximum absolute atomic E-state index is 2.40. The van der Waals surface area contributed by atoms with E-state index < -0.39 is 0 Å². The van der Waals surface area contributed by atoms with E-state index in [1.807, 2.05) is 50.2 Å². The first-order valence-electron chi connectivity index (χ1n) is 24.3. The van der Waals surface area contributed by atoms with Crippen LogP contribution < -0.4 is 16.4 Å². The van der Waals surface area contributed by atoms with E-state index in [0.717, 1.165) is 19.3 Å². The molecular formula is C65H73B. The van der Waals surface area contributed by atoms with Gasteiger partial charge in [0.1, 0.15) is 0 Å². The van der Waals surface area contributed by atoms with E-state index in [2.05, 4.69) is 204 Å². The Labute approximate surface area is 400 Å². The van der Waals surface area contributed by atoms with Gasteiger partial charge in [0.05, 0.1) is 0 Å². The summed E-state index contributed by atoms with van der Waals surface area (Å²) in [5, 5.41) is 0. The minimum atomic E-state index is 0.311. The highest BCUT2D eigenvalue weighted by Gasteiger charge is 2.33. The molecule has 1 unspecified atom stereocenters. The second-order valence-corrected chi connectivity index (χ2v) is 18.8. The molecule has 1 aliphatic heterocycles. The van der Waals surface area contributed by atoms with E-state index in [4.69, 9.17) is 0 Å². The molecule has 1 heteroatoms. The normalized spacial score (nSPS) is 11.7. The number of hydrogen-bond donors (Lipinski definition) is 0. The Morgan fingerprint density at radius 2 is 0.788 bits per heavy atom. The van der Waals surface area contributed by atoms with Gasteiger partial charge in [-0.05, 0) is 157 Å². The van der Waals surface area contributed by atoms with Crippen molar-refractivity contribution >= 4 is 23.1 Å². The zero-order chi connectivity index (χ0) is 47.5. The summed E-state index contributed by atoms with van der Waals surface area (Å²) in [4.78, 5) is 0. The van der Waals surface area contributed by atoms with E-state index in [1.54, 1.807) is 0 Å². The van der Waals surface area contributed by atoms with E-state index in [9.17, 15) is 0 Å². The second kappa shape index (κ2) is 22.8. The van der Waals surface area contributed by atoms with Crippen molar-refractivity contribution in [3.63, 3.8) is 0 Å². The average molecular weight is 865 g/mol. The number of fused-ring (bicyclic) bond motifs is 2. The van der Waals surface area contributed by atoms with E-state index in [0.29, 0.717) is 12.6 Å². The van der Waals surface area contributed by atoms with Crippen LogP contribution in [-0.4, -0.2) is 6.71 Å². The van der Waals surface area contributed by atoms with Crippen LogP contribution in [0, 0.1) is 76.2 Å². The summed E-state index contributed by atoms with van der Waals surface area (Å²) in [7, 11) is 0. The van der Waals surface area contributed by atoms with Gasteiger partial charge < -0.3 is 0 Å². The molecule has 0 fully saturated rings. The third-order valence-electron chi connectivity index (χ3n) is 13.2. The molecule has 0 nitrogen and oxygen atoms in total. The monoisotopic (exact) mass is 865 g/mol. The Hall–Kier alpha value is -6.18. The number of aryl methyl sites for hydroxylation is 11. The first kappa shape index (κ1) is 49.3. The highest BCUT2D eigenvalue weighted by molar-refractivity contribution is 6.97. The summed E-state index contributed by atoms with van der Waals surface area (Å²) in [6.45, 7) is 28.9. The summed E-state index contributed by atoms with van der Waals surface area (Å²) >= 11 is 0. The van der Waals surface area contributed by atoms with Crippen LogP contribution >= 0.6 is 0 Å². The van der Waals surface area contributed by atoms with Gasteiger partial charge in [-0.2, -0.15) is 0 Å². The SMILES string of the molecule is CC.Cc1cc(C)c2c(c1)Cc1cc(C)cc(C)c1B2c1ccc(Cc2ccccc2)cc1.Cc1ccc(C(Cc2c(C)cc(C)cc2C)c2c(C)cc(C)cc2C)cc1.c1ccccc1. The number of hydrogen-bond acceptors (Lipinski definition) is 0. The molecule has 1 aliphatic rings. The maximum Gasteiger partial charge on any atom is 0.242 e. The molecule has 0 amide bonds. The molecule has 0 spiro atoms. The lowest BCUT2D eigenvalue weighted by Gasteiger charge is -2.31. The molecular weight excluding hydrogens is 792 g/mol. The molecule has 0 saturated carbocycles. The summed E-state index contributed by atoms with van der Waals surface area (Å²) in [6, 6.07) is 60.0. The number of rotatable bonds is 7. The van der Waals surface area contributed by atoms with Gasteiger partial charge in [0.25, 0.3) is 0 Å². The fraction of sp³-hybridized carbons (Fsp3) is 0.262. The maximum atomic E-state index is 2.40. The van der Waals surface area contributed by atoms with Crippen LogP contribution in [0.2, 0.25) is 0 Å². The van der Waals surface area contributed by atoms with Gasteiger partial charge >= 0.3 is 0 Å². The smallest absolute Gasteiger partial charge is 0.0686 e. The van der Waals surface area contributed by atoms with Gasteiger partial charge in [-0.1, -0.05) is 233 Å². The molecule has 8 aromatic carbocycles. The molecule has 8 aromatic rings. The van der Waals surface area contributed by atoms with Crippen molar-refractivity contribution in [2.24, 2.45) is 0 Å². The van der Waals surface area contributed by atoms with Crippen LogP contribution in [0.4, 0.5) is 0 Å². The Morgan fingerprint density at radius 3 is 1.26 bits per heavy atom. The van der Waals surface area contributed by atoms with Gasteiger partial charge in [-0.25, -0.2) is 0 Å². The Balaban J connectivity index is 0.000000189. The van der Waals surface area contributed by atoms with Crippen LogP contribution in [0.1, 0.15) is 120 Å². The predicted octanol–water partition coefficient (Wildman–Crippen LogP) is 14.9. The van der Waals surface area contributed by atoms with Crippen molar-refractivity contribution in [1.29, 1.82) is 0 Å². The lowest BCUT2D eigenvalue weighted by molar-refractivity contribution is 0.781. The van der Waals surface area contributed by atoms with Crippen molar-refractivity contribution in [3.05, 3.63) is 264 Å². The van der Waals surface area contributed by atoms with Crippen molar-refractivity contribution in [1.82, 2.24) is 0 Å². The van der Waals surface area contributed by atoms with Crippen molar-refractivity contribution in [2.75, 3.05) is 0 Å². The topological polar surface area (TPSA) is 0 Å². The van der Waals surface area contributed by atoms with Gasteiger partial charge in [-0.15, -0.1) is 0 Å². The lowest BCUT2D eigenvalue weighted by atomic mass is 9.32. The van der Waals surface area contributed by atoms with E-state index >= 15 is 0 Å². The Morgan fingerprint density at radius 1 is 0.394 bits per heavy atom. The minimum Gasteiger partial charge on any atom is -0.0686 e. The number of benzene rings is 8. The average Bonchev–Trinajstić information content (AvgIpc) is 3.28. The third-order valence-corrected chi connectivity index (χ3v) is 13.2. The summed E-state index contributed by atoms with van der Waals surface area (Å²) in [5.41, 5.74) is 29.7. The molecule has 66 heavy (non-hydrogen) atoms. The van der Waals surface area contributed by atoms with Gasteiger partial charge in [0.2, 0.25) is 6.71 Å². The highest BCUT2D eigenvalue weighted by atomic mass is 14.3. The summed E-state index contributed by atoms with van der Waals surface area (Å²) < 4.78 is 0. The zero-order valence-electron chi connectivity index (χ0n) is 42.4. The molecule has 0 radical (unpaired) electrons. The van der Waals surface area contributed by atoms with Crippen molar-refractivity contribution in [3.8, 4) is 0 Å². The highest BCUT2D eigenvalue weighted by Crippen LogP contribution is 2.36. The molecule has 0 aromatic heterocycles. The van der Waals surface area contributed by atoms with Crippen LogP contribution in [0.3, 0.4) is 0 Å². The predicted molar refractivity (Wildman–Crippen MR) is 291 cm³/mol. The van der Waals surface area contributed by atoms with Crippen LogP contribution in [0.25, 0.3) is 0 Å². The molecule has 1 heterocycles. The lowest BCUT2D eigenvalue weighted by Crippen LogP contribution is -2.58. The zero-order valence-corrected chi connectivity index (χ0v) is 42.4. The second-order valence-electron chi connectivity index (χ2n) is 18.8.